The van der Waals surface area contributed by atoms with Gasteiger partial charge in [-0.15, -0.1) is 11.8 Å². The average molecular weight is 398 g/mol. The van der Waals surface area contributed by atoms with Gasteiger partial charge in [0.2, 0.25) is 0 Å². The van der Waals surface area contributed by atoms with E-state index >= 15 is 0 Å². The molecule has 0 aliphatic heterocycles. The van der Waals surface area contributed by atoms with Gasteiger partial charge in [0, 0.05) is 13.6 Å². The van der Waals surface area contributed by atoms with Gasteiger partial charge in [0.1, 0.15) is 10.8 Å². The Bertz CT molecular complexity index is 940. The minimum Gasteiger partial charge on any atom is -0.494 e. The first-order chi connectivity index (χ1) is 13.5. The molecule has 0 radical (unpaired) electrons. The van der Waals surface area contributed by atoms with Gasteiger partial charge in [0.05, 0.1) is 24.1 Å². The van der Waals surface area contributed by atoms with Gasteiger partial charge in [-0.25, -0.2) is 9.97 Å². The average Bonchev–Trinajstić information content (AvgIpc) is 3.23. The van der Waals surface area contributed by atoms with Crippen LogP contribution in [0.1, 0.15) is 28.5 Å². The van der Waals surface area contributed by atoms with Crippen LogP contribution in [0.15, 0.2) is 52.1 Å². The van der Waals surface area contributed by atoms with E-state index in [1.165, 1.54) is 11.8 Å². The number of nitrogens with zero attached hydrogens (tertiary/aromatic N) is 3. The van der Waals surface area contributed by atoms with E-state index in [-0.39, 0.29) is 5.91 Å². The molecular weight excluding hydrogens is 374 g/mol. The zero-order valence-electron chi connectivity index (χ0n) is 16.4. The SMILES string of the molecule is CCOc1ccc(CN(C)C(=O)c2c(C)nc(-c3ccco3)nc2SC)cc1. The van der Waals surface area contributed by atoms with Crippen molar-refractivity contribution in [1.29, 1.82) is 0 Å². The van der Waals surface area contributed by atoms with Gasteiger partial charge in [-0.1, -0.05) is 12.1 Å². The number of ether oxygens (including phenoxy) is 1. The van der Waals surface area contributed by atoms with Crippen molar-refractivity contribution in [3.05, 3.63) is 59.5 Å². The van der Waals surface area contributed by atoms with Crippen molar-refractivity contribution < 1.29 is 13.9 Å². The van der Waals surface area contributed by atoms with E-state index in [0.717, 1.165) is 11.3 Å². The smallest absolute Gasteiger partial charge is 0.258 e. The summed E-state index contributed by atoms with van der Waals surface area (Å²) in [5.41, 5.74) is 2.18. The summed E-state index contributed by atoms with van der Waals surface area (Å²) in [7, 11) is 1.78. The highest BCUT2D eigenvalue weighted by Crippen LogP contribution is 2.26. The highest BCUT2D eigenvalue weighted by atomic mass is 32.2. The molecule has 28 heavy (non-hydrogen) atoms. The number of aromatic nitrogens is 2. The Morgan fingerprint density at radius 2 is 1.96 bits per heavy atom. The fourth-order valence-corrected chi connectivity index (χ4v) is 3.47. The number of hydrogen-bond acceptors (Lipinski definition) is 6. The second-order valence-electron chi connectivity index (χ2n) is 6.23. The zero-order chi connectivity index (χ0) is 20.1. The Hall–Kier alpha value is -2.80. The van der Waals surface area contributed by atoms with E-state index < -0.39 is 0 Å². The van der Waals surface area contributed by atoms with Crippen LogP contribution in [0, 0.1) is 6.92 Å². The van der Waals surface area contributed by atoms with Crippen LogP contribution < -0.4 is 4.74 Å². The predicted molar refractivity (Wildman–Crippen MR) is 110 cm³/mol. The summed E-state index contributed by atoms with van der Waals surface area (Å²) in [6.07, 6.45) is 3.48. The van der Waals surface area contributed by atoms with Crippen molar-refractivity contribution in [2.75, 3.05) is 19.9 Å². The maximum absolute atomic E-state index is 13.1. The van der Waals surface area contributed by atoms with Gasteiger partial charge >= 0.3 is 0 Å². The lowest BCUT2D eigenvalue weighted by Crippen LogP contribution is -2.28. The molecule has 2 heterocycles. The Morgan fingerprint density at radius 1 is 1.21 bits per heavy atom. The lowest BCUT2D eigenvalue weighted by atomic mass is 10.1. The van der Waals surface area contributed by atoms with Crippen LogP contribution in [0.4, 0.5) is 0 Å². The maximum atomic E-state index is 13.1. The molecule has 0 bridgehead atoms. The number of furan rings is 1. The Morgan fingerprint density at radius 3 is 2.57 bits per heavy atom. The second-order valence-corrected chi connectivity index (χ2v) is 7.03. The molecule has 3 aromatic rings. The van der Waals surface area contributed by atoms with Crippen molar-refractivity contribution in [3.8, 4) is 17.3 Å². The second kappa shape index (κ2) is 8.93. The largest absolute Gasteiger partial charge is 0.494 e. The predicted octanol–water partition coefficient (Wildman–Crippen LogP) is 4.44. The normalized spacial score (nSPS) is 10.7. The summed E-state index contributed by atoms with van der Waals surface area (Å²) in [4.78, 5) is 23.8. The molecule has 0 aliphatic rings. The first-order valence-electron chi connectivity index (χ1n) is 8.97. The van der Waals surface area contributed by atoms with Crippen molar-refractivity contribution in [2.24, 2.45) is 0 Å². The van der Waals surface area contributed by atoms with Gasteiger partial charge in [0.25, 0.3) is 5.91 Å². The third kappa shape index (κ3) is 4.36. The summed E-state index contributed by atoms with van der Waals surface area (Å²) in [5, 5.41) is 0.641. The highest BCUT2D eigenvalue weighted by Gasteiger charge is 2.22. The van der Waals surface area contributed by atoms with Gasteiger partial charge in [0.15, 0.2) is 11.6 Å². The molecule has 7 heteroatoms. The van der Waals surface area contributed by atoms with Crippen molar-refractivity contribution >= 4 is 17.7 Å². The number of carbonyl (C=O) groups excluding carboxylic acids is 1. The van der Waals surface area contributed by atoms with Crippen LogP contribution in [0.3, 0.4) is 0 Å². The molecule has 0 saturated heterocycles. The van der Waals surface area contributed by atoms with E-state index in [2.05, 4.69) is 9.97 Å². The van der Waals surface area contributed by atoms with E-state index in [9.17, 15) is 4.79 Å². The molecule has 0 unspecified atom stereocenters. The highest BCUT2D eigenvalue weighted by molar-refractivity contribution is 7.98. The third-order valence-electron chi connectivity index (χ3n) is 4.21. The Kier molecular flexibility index (Phi) is 6.36. The number of amides is 1. The van der Waals surface area contributed by atoms with Crippen LogP contribution >= 0.6 is 11.8 Å². The third-order valence-corrected chi connectivity index (χ3v) is 4.89. The minimum atomic E-state index is -0.110. The van der Waals surface area contributed by atoms with Crippen molar-refractivity contribution in [2.45, 2.75) is 25.4 Å². The van der Waals surface area contributed by atoms with Gasteiger partial charge in [-0.3, -0.25) is 4.79 Å². The molecule has 6 nitrogen and oxygen atoms in total. The van der Waals surface area contributed by atoms with Crippen molar-refractivity contribution in [3.63, 3.8) is 0 Å². The standard InChI is InChI=1S/C21H23N3O3S/c1-5-26-16-10-8-15(9-11-16)13-24(3)21(25)18-14(2)22-19(23-20(18)28-4)17-7-6-12-27-17/h6-12H,5,13H2,1-4H3. The molecule has 0 aliphatic carbocycles. The van der Waals surface area contributed by atoms with E-state index in [1.807, 2.05) is 44.4 Å². The number of hydrogen-bond donors (Lipinski definition) is 0. The Labute approximate surface area is 168 Å². The van der Waals surface area contributed by atoms with Gasteiger partial charge < -0.3 is 14.1 Å². The van der Waals surface area contributed by atoms with Gasteiger partial charge in [-0.05, 0) is 49.9 Å². The summed E-state index contributed by atoms with van der Waals surface area (Å²) in [5.74, 6) is 1.78. The van der Waals surface area contributed by atoms with E-state index in [1.54, 1.807) is 30.3 Å². The lowest BCUT2D eigenvalue weighted by Gasteiger charge is -2.20. The molecule has 0 fully saturated rings. The monoisotopic (exact) mass is 397 g/mol. The summed E-state index contributed by atoms with van der Waals surface area (Å²) < 4.78 is 10.9. The van der Waals surface area contributed by atoms with Crippen LogP contribution in [-0.2, 0) is 6.54 Å². The molecule has 0 spiro atoms. The summed E-state index contributed by atoms with van der Waals surface area (Å²) in [6.45, 7) is 4.89. The molecule has 0 atom stereocenters. The minimum absolute atomic E-state index is 0.110. The molecule has 1 amide bonds. The molecule has 0 N–H and O–H groups in total. The molecule has 3 rings (SSSR count). The number of benzene rings is 1. The topological polar surface area (TPSA) is 68.5 Å². The molecule has 2 aromatic heterocycles. The van der Waals surface area contributed by atoms with Crippen LogP contribution in [0.2, 0.25) is 0 Å². The van der Waals surface area contributed by atoms with Gasteiger partial charge in [-0.2, -0.15) is 0 Å². The number of carbonyl (C=O) groups is 1. The maximum Gasteiger partial charge on any atom is 0.258 e. The fraction of sp³-hybridized carbons (Fsp3) is 0.286. The van der Waals surface area contributed by atoms with E-state index in [0.29, 0.717) is 41.0 Å². The summed E-state index contributed by atoms with van der Waals surface area (Å²) >= 11 is 1.42. The first-order valence-corrected chi connectivity index (χ1v) is 10.2. The van der Waals surface area contributed by atoms with Crippen molar-refractivity contribution in [1.82, 2.24) is 14.9 Å². The number of aryl methyl sites for hydroxylation is 1. The van der Waals surface area contributed by atoms with Crippen LogP contribution in [0.5, 0.6) is 5.75 Å². The number of rotatable bonds is 7. The molecule has 0 saturated carbocycles. The van der Waals surface area contributed by atoms with E-state index in [4.69, 9.17) is 9.15 Å². The Balaban J connectivity index is 1.82. The lowest BCUT2D eigenvalue weighted by molar-refractivity contribution is 0.0779. The zero-order valence-corrected chi connectivity index (χ0v) is 17.2. The summed E-state index contributed by atoms with van der Waals surface area (Å²) in [6, 6.07) is 11.4. The molecular formula is C21H23N3O3S. The first kappa shape index (κ1) is 19.9. The molecule has 1 aromatic carbocycles. The fourth-order valence-electron chi connectivity index (χ4n) is 2.85. The molecule has 146 valence electrons. The van der Waals surface area contributed by atoms with Crippen LogP contribution in [0.25, 0.3) is 11.6 Å². The number of thioether (sulfide) groups is 1. The quantitative estimate of drug-likeness (QED) is 0.434. The van der Waals surface area contributed by atoms with Crippen LogP contribution in [-0.4, -0.2) is 40.7 Å².